The van der Waals surface area contributed by atoms with Crippen LogP contribution in [0.1, 0.15) is 6.42 Å². The minimum atomic E-state index is -3.62. The summed E-state index contributed by atoms with van der Waals surface area (Å²) in [4.78, 5) is 14.8. The summed E-state index contributed by atoms with van der Waals surface area (Å²) in [6.45, 7) is 0.416. The lowest BCUT2D eigenvalue weighted by Gasteiger charge is -2.15. The summed E-state index contributed by atoms with van der Waals surface area (Å²) in [7, 11) is -3.62. The number of aromatic nitrogens is 1. The van der Waals surface area contributed by atoms with Crippen LogP contribution >= 0.6 is 11.6 Å². The van der Waals surface area contributed by atoms with Gasteiger partial charge in [0, 0.05) is 19.3 Å². The molecule has 1 atom stereocenters. The molecule has 1 aromatic rings. The molecule has 1 amide bonds. The lowest BCUT2D eigenvalue weighted by molar-refractivity contribution is -0.121. The Morgan fingerprint density at radius 3 is 2.72 bits per heavy atom. The van der Waals surface area contributed by atoms with Gasteiger partial charge in [-0.3, -0.25) is 4.79 Å². The Morgan fingerprint density at radius 2 is 2.22 bits per heavy atom. The van der Waals surface area contributed by atoms with E-state index in [9.17, 15) is 13.2 Å². The van der Waals surface area contributed by atoms with Crippen LogP contribution in [0, 0.1) is 5.92 Å². The Morgan fingerprint density at radius 1 is 1.50 bits per heavy atom. The molecule has 2 heterocycles. The number of carbonyl (C=O) groups excluding carboxylic acids is 1. The van der Waals surface area contributed by atoms with Crippen molar-refractivity contribution in [1.82, 2.24) is 9.29 Å². The zero-order valence-electron chi connectivity index (χ0n) is 9.41. The summed E-state index contributed by atoms with van der Waals surface area (Å²) in [5.41, 5.74) is 5.17. The van der Waals surface area contributed by atoms with Crippen LogP contribution in [0.25, 0.3) is 0 Å². The second-order valence-electron chi connectivity index (χ2n) is 4.07. The van der Waals surface area contributed by atoms with Crippen molar-refractivity contribution < 1.29 is 13.2 Å². The van der Waals surface area contributed by atoms with E-state index in [1.54, 1.807) is 0 Å². The summed E-state index contributed by atoms with van der Waals surface area (Å²) >= 11 is 5.61. The number of amides is 1. The number of nitrogens with zero attached hydrogens (tertiary/aromatic N) is 2. The molecule has 0 radical (unpaired) electrons. The molecule has 0 saturated carbocycles. The first kappa shape index (κ1) is 13.3. The van der Waals surface area contributed by atoms with Crippen LogP contribution in [-0.2, 0) is 14.8 Å². The van der Waals surface area contributed by atoms with Gasteiger partial charge in [-0.1, -0.05) is 11.6 Å². The Kier molecular flexibility index (Phi) is 3.56. The molecule has 1 saturated heterocycles. The van der Waals surface area contributed by atoms with Crippen molar-refractivity contribution in [3.63, 3.8) is 0 Å². The van der Waals surface area contributed by atoms with E-state index in [4.69, 9.17) is 17.3 Å². The normalized spacial score (nSPS) is 21.1. The monoisotopic (exact) mass is 289 g/mol. The van der Waals surface area contributed by atoms with Crippen molar-refractivity contribution in [3.05, 3.63) is 23.5 Å². The van der Waals surface area contributed by atoms with E-state index < -0.39 is 21.8 Å². The average molecular weight is 290 g/mol. The summed E-state index contributed by atoms with van der Waals surface area (Å²) in [6.07, 6.45) is 1.66. The third kappa shape index (κ3) is 2.47. The maximum atomic E-state index is 12.2. The molecular weight excluding hydrogens is 278 g/mol. The SMILES string of the molecule is NC(=O)[C@H]1CCN(S(=O)(=O)c2ccc(Cl)nc2)C1. The van der Waals surface area contributed by atoms with Gasteiger partial charge in [0.2, 0.25) is 15.9 Å². The smallest absolute Gasteiger partial charge is 0.244 e. The number of halogens is 1. The third-order valence-electron chi connectivity index (χ3n) is 2.89. The zero-order valence-corrected chi connectivity index (χ0v) is 11.0. The van der Waals surface area contributed by atoms with Gasteiger partial charge in [0.1, 0.15) is 10.0 Å². The molecule has 1 aliphatic rings. The highest BCUT2D eigenvalue weighted by atomic mass is 35.5. The van der Waals surface area contributed by atoms with E-state index in [2.05, 4.69) is 4.98 Å². The molecule has 0 bridgehead atoms. The predicted molar refractivity (Wildman–Crippen MR) is 65.3 cm³/mol. The van der Waals surface area contributed by atoms with Gasteiger partial charge in [0.15, 0.2) is 0 Å². The molecule has 0 unspecified atom stereocenters. The summed E-state index contributed by atoms with van der Waals surface area (Å²) < 4.78 is 25.7. The third-order valence-corrected chi connectivity index (χ3v) is 4.96. The van der Waals surface area contributed by atoms with Gasteiger partial charge in [-0.15, -0.1) is 0 Å². The second-order valence-corrected chi connectivity index (χ2v) is 6.39. The van der Waals surface area contributed by atoms with Crippen LogP contribution in [0.2, 0.25) is 5.15 Å². The predicted octanol–water partition coefficient (Wildman–Crippen LogP) is 0.231. The first-order valence-corrected chi connectivity index (χ1v) is 7.14. The molecule has 2 rings (SSSR count). The minimum Gasteiger partial charge on any atom is -0.369 e. The number of rotatable bonds is 3. The summed E-state index contributed by atoms with van der Waals surface area (Å²) in [6, 6.07) is 2.80. The van der Waals surface area contributed by atoms with Gasteiger partial charge in [-0.25, -0.2) is 13.4 Å². The number of carbonyl (C=O) groups is 1. The summed E-state index contributed by atoms with van der Waals surface area (Å²) in [5, 5.41) is 0.227. The van der Waals surface area contributed by atoms with E-state index in [1.807, 2.05) is 0 Å². The van der Waals surface area contributed by atoms with Crippen molar-refractivity contribution in [2.45, 2.75) is 11.3 Å². The number of nitrogens with two attached hydrogens (primary N) is 1. The summed E-state index contributed by atoms with van der Waals surface area (Å²) in [5.74, 6) is -0.887. The number of hydrogen-bond donors (Lipinski definition) is 1. The first-order chi connectivity index (χ1) is 8.41. The van der Waals surface area contributed by atoms with Crippen LogP contribution in [0.5, 0.6) is 0 Å². The van der Waals surface area contributed by atoms with Crippen LogP contribution < -0.4 is 5.73 Å². The molecule has 1 fully saturated rings. The van der Waals surface area contributed by atoms with Crippen molar-refractivity contribution in [2.24, 2.45) is 11.7 Å². The number of primary amides is 1. The van der Waals surface area contributed by atoms with Gasteiger partial charge in [-0.05, 0) is 18.6 Å². The molecule has 2 N–H and O–H groups in total. The molecular formula is C10H12ClN3O3S. The molecule has 1 aromatic heterocycles. The maximum Gasteiger partial charge on any atom is 0.244 e. The topological polar surface area (TPSA) is 93.4 Å². The lowest BCUT2D eigenvalue weighted by Crippen LogP contribution is -2.31. The highest BCUT2D eigenvalue weighted by Gasteiger charge is 2.34. The standard InChI is InChI=1S/C10H12ClN3O3S/c11-9-2-1-8(5-13-9)18(16,17)14-4-3-7(6-14)10(12)15/h1-2,5,7H,3-4,6H2,(H2,12,15)/t7-/m0/s1. The number of pyridine rings is 1. The largest absolute Gasteiger partial charge is 0.369 e. The van der Waals surface area contributed by atoms with Crippen LogP contribution in [0.4, 0.5) is 0 Å². The quantitative estimate of drug-likeness (QED) is 0.806. The molecule has 0 aromatic carbocycles. The Hall–Kier alpha value is -1.18. The number of hydrogen-bond acceptors (Lipinski definition) is 4. The fourth-order valence-electron chi connectivity index (χ4n) is 1.84. The van der Waals surface area contributed by atoms with Crippen LogP contribution in [0.15, 0.2) is 23.2 Å². The highest BCUT2D eigenvalue weighted by Crippen LogP contribution is 2.24. The molecule has 6 nitrogen and oxygen atoms in total. The Bertz CT molecular complexity index is 558. The van der Waals surface area contributed by atoms with E-state index >= 15 is 0 Å². The maximum absolute atomic E-state index is 12.2. The molecule has 98 valence electrons. The van der Waals surface area contributed by atoms with Gasteiger partial charge >= 0.3 is 0 Å². The van der Waals surface area contributed by atoms with Gasteiger partial charge in [0.05, 0.1) is 5.92 Å². The van der Waals surface area contributed by atoms with Crippen molar-refractivity contribution in [3.8, 4) is 0 Å². The Balaban J connectivity index is 2.22. The van der Waals surface area contributed by atoms with Crippen molar-refractivity contribution >= 4 is 27.5 Å². The highest BCUT2D eigenvalue weighted by molar-refractivity contribution is 7.89. The number of sulfonamides is 1. The van der Waals surface area contributed by atoms with Crippen molar-refractivity contribution in [1.29, 1.82) is 0 Å². The first-order valence-electron chi connectivity index (χ1n) is 5.32. The van der Waals surface area contributed by atoms with E-state index in [0.29, 0.717) is 13.0 Å². The van der Waals surface area contributed by atoms with Crippen molar-refractivity contribution in [2.75, 3.05) is 13.1 Å². The van der Waals surface area contributed by atoms with Gasteiger partial charge in [0.25, 0.3) is 0 Å². The molecule has 0 spiro atoms. The second kappa shape index (κ2) is 4.83. The molecule has 0 aliphatic carbocycles. The molecule has 1 aliphatic heterocycles. The fourth-order valence-corrected chi connectivity index (χ4v) is 3.40. The average Bonchev–Trinajstić information content (AvgIpc) is 2.79. The van der Waals surface area contributed by atoms with E-state index in [0.717, 1.165) is 0 Å². The fraction of sp³-hybridized carbons (Fsp3) is 0.400. The van der Waals surface area contributed by atoms with Crippen LogP contribution in [-0.4, -0.2) is 36.7 Å². The van der Waals surface area contributed by atoms with E-state index in [1.165, 1.54) is 22.6 Å². The molecule has 18 heavy (non-hydrogen) atoms. The molecule has 8 heteroatoms. The lowest BCUT2D eigenvalue weighted by atomic mass is 10.1. The van der Waals surface area contributed by atoms with Crippen LogP contribution in [0.3, 0.4) is 0 Å². The zero-order chi connectivity index (χ0) is 13.3. The Labute approximate surface area is 110 Å². The van der Waals surface area contributed by atoms with Gasteiger partial charge in [-0.2, -0.15) is 4.31 Å². The van der Waals surface area contributed by atoms with E-state index in [-0.39, 0.29) is 16.6 Å². The van der Waals surface area contributed by atoms with Gasteiger partial charge < -0.3 is 5.73 Å². The minimum absolute atomic E-state index is 0.0667.